The topological polar surface area (TPSA) is 59.1 Å². The predicted molar refractivity (Wildman–Crippen MR) is 131 cm³/mol. The zero-order chi connectivity index (χ0) is 22.1. The Morgan fingerprint density at radius 2 is 1.71 bits per heavy atom. The number of benzene rings is 3. The van der Waals surface area contributed by atoms with Crippen molar-refractivity contribution in [2.75, 3.05) is 5.73 Å². The van der Waals surface area contributed by atoms with Crippen molar-refractivity contribution in [2.45, 2.75) is 33.3 Å². The minimum Gasteiger partial charge on any atom is -0.398 e. The Morgan fingerprint density at radius 1 is 0.968 bits per heavy atom. The van der Waals surface area contributed by atoms with E-state index in [-0.39, 0.29) is 6.61 Å². The van der Waals surface area contributed by atoms with Crippen LogP contribution in [-0.2, 0) is 19.4 Å². The van der Waals surface area contributed by atoms with Crippen LogP contribution in [0.1, 0.15) is 27.8 Å². The molecule has 0 bridgehead atoms. The number of fused-ring (bicyclic) bond motifs is 4. The first-order valence-electron chi connectivity index (χ1n) is 10.2. The summed E-state index contributed by atoms with van der Waals surface area (Å²) in [4.78, 5) is 4.92. The number of nitrogens with two attached hydrogens (primary N) is 1. The van der Waals surface area contributed by atoms with Gasteiger partial charge < -0.3 is 10.8 Å². The van der Waals surface area contributed by atoms with Crippen molar-refractivity contribution in [1.29, 1.82) is 0 Å². The molecule has 5 rings (SSSR count). The van der Waals surface area contributed by atoms with E-state index >= 15 is 0 Å². The third kappa shape index (κ3) is 4.27. The van der Waals surface area contributed by atoms with Crippen LogP contribution in [0.25, 0.3) is 22.2 Å². The molecule has 1 aromatic heterocycles. The molecular weight excluding hydrogens is 427 g/mol. The van der Waals surface area contributed by atoms with Gasteiger partial charge in [-0.05, 0) is 79.8 Å². The molecule has 0 fully saturated rings. The summed E-state index contributed by atoms with van der Waals surface area (Å²) in [5.41, 5.74) is 15.5. The fourth-order valence-corrected chi connectivity index (χ4v) is 4.63. The van der Waals surface area contributed by atoms with E-state index in [1.807, 2.05) is 18.2 Å². The van der Waals surface area contributed by atoms with Crippen LogP contribution >= 0.6 is 23.2 Å². The number of hydrogen-bond acceptors (Lipinski definition) is 3. The van der Waals surface area contributed by atoms with Crippen LogP contribution in [0.2, 0.25) is 10.0 Å². The number of aliphatic hydroxyl groups is 1. The van der Waals surface area contributed by atoms with E-state index < -0.39 is 0 Å². The number of anilines is 1. The molecular formula is C26H24Cl2N2O. The number of halogens is 2. The van der Waals surface area contributed by atoms with Gasteiger partial charge in [0.05, 0.1) is 17.8 Å². The van der Waals surface area contributed by atoms with Crippen molar-refractivity contribution in [1.82, 2.24) is 4.98 Å². The number of aromatic nitrogens is 1. The summed E-state index contributed by atoms with van der Waals surface area (Å²) < 4.78 is 0. The van der Waals surface area contributed by atoms with Gasteiger partial charge in [-0.15, -0.1) is 0 Å². The zero-order valence-electron chi connectivity index (χ0n) is 17.5. The third-order valence-corrected chi connectivity index (χ3v) is 6.40. The summed E-state index contributed by atoms with van der Waals surface area (Å²) >= 11 is 12.0. The molecule has 4 aromatic rings. The number of rotatable bonds is 1. The van der Waals surface area contributed by atoms with E-state index in [0.29, 0.717) is 16.3 Å². The molecule has 0 radical (unpaired) electrons. The van der Waals surface area contributed by atoms with Crippen molar-refractivity contribution < 1.29 is 5.11 Å². The van der Waals surface area contributed by atoms with Gasteiger partial charge in [0.2, 0.25) is 0 Å². The molecule has 5 heteroatoms. The Kier molecular flexibility index (Phi) is 6.19. The second kappa shape index (κ2) is 8.88. The molecule has 1 heterocycles. The van der Waals surface area contributed by atoms with Crippen molar-refractivity contribution in [3.05, 3.63) is 92.5 Å². The quantitative estimate of drug-likeness (QED) is 0.317. The van der Waals surface area contributed by atoms with E-state index in [1.165, 1.54) is 27.8 Å². The normalized spacial score (nSPS) is 12.0. The van der Waals surface area contributed by atoms with Crippen LogP contribution in [-0.4, -0.2) is 10.1 Å². The number of nitrogen functional groups attached to an aromatic ring is 1. The van der Waals surface area contributed by atoms with Gasteiger partial charge in [-0.2, -0.15) is 0 Å². The number of aliphatic hydroxyl groups excluding tert-OH is 1. The van der Waals surface area contributed by atoms with Crippen molar-refractivity contribution in [3.8, 4) is 11.3 Å². The van der Waals surface area contributed by atoms with Crippen LogP contribution in [0.5, 0.6) is 0 Å². The van der Waals surface area contributed by atoms with Crippen LogP contribution < -0.4 is 5.73 Å². The molecule has 0 saturated heterocycles. The van der Waals surface area contributed by atoms with Gasteiger partial charge in [0, 0.05) is 32.2 Å². The molecule has 3 aromatic carbocycles. The van der Waals surface area contributed by atoms with Gasteiger partial charge in [0.15, 0.2) is 0 Å². The van der Waals surface area contributed by atoms with Crippen molar-refractivity contribution >= 4 is 39.8 Å². The summed E-state index contributed by atoms with van der Waals surface area (Å²) in [5, 5.41) is 11.1. The minimum absolute atomic E-state index is 0.106. The van der Waals surface area contributed by atoms with E-state index in [2.05, 4.69) is 32.0 Å². The Bertz CT molecular complexity index is 1260. The average molecular weight is 451 g/mol. The highest BCUT2D eigenvalue weighted by Gasteiger charge is 2.20. The summed E-state index contributed by atoms with van der Waals surface area (Å²) in [6.07, 6.45) is 2.13. The number of nitrogens with zero attached hydrogens (tertiary/aromatic N) is 1. The molecule has 0 atom stereocenters. The van der Waals surface area contributed by atoms with Crippen molar-refractivity contribution in [3.63, 3.8) is 0 Å². The summed E-state index contributed by atoms with van der Waals surface area (Å²) in [6.45, 7) is 4.25. The Morgan fingerprint density at radius 3 is 2.42 bits per heavy atom. The van der Waals surface area contributed by atoms with Crippen LogP contribution in [0, 0.1) is 13.8 Å². The number of aryl methyl sites for hydroxylation is 3. The monoisotopic (exact) mass is 450 g/mol. The Hall–Kier alpha value is -2.59. The average Bonchev–Trinajstić information content (AvgIpc) is 2.73. The summed E-state index contributed by atoms with van der Waals surface area (Å²) in [7, 11) is 0. The van der Waals surface area contributed by atoms with Gasteiger partial charge in [0.1, 0.15) is 0 Å². The summed E-state index contributed by atoms with van der Waals surface area (Å²) in [6, 6.07) is 17.8. The SMILES string of the molecule is Cc1cc(C)c2c(c1)-c1nc3cccc(Cl)c3cc1CC2.Nc1cccc(Cl)c1CO. The third-order valence-electron chi connectivity index (χ3n) is 5.71. The first kappa shape index (κ1) is 21.6. The standard InChI is InChI=1S/C19H16ClN.C7H8ClNO/c1-11-8-12(2)14-7-6-13-10-16-17(20)4-3-5-18(16)21-19(13)15(14)9-11;8-6-2-1-3-7(9)5(6)4-10/h3-5,8-10H,6-7H2,1-2H3;1-3,10H,4,9H2. The van der Waals surface area contributed by atoms with E-state index in [1.54, 1.807) is 18.2 Å². The molecule has 0 spiro atoms. The Labute approximate surface area is 192 Å². The molecule has 0 aliphatic heterocycles. The fraction of sp³-hybridized carbons (Fsp3) is 0.192. The minimum atomic E-state index is -0.106. The van der Waals surface area contributed by atoms with E-state index in [9.17, 15) is 0 Å². The molecule has 0 saturated carbocycles. The van der Waals surface area contributed by atoms with Gasteiger partial charge in [-0.1, -0.05) is 47.0 Å². The number of hydrogen-bond donors (Lipinski definition) is 2. The second-order valence-corrected chi connectivity index (χ2v) is 8.69. The molecule has 1 aliphatic rings. The largest absolute Gasteiger partial charge is 0.398 e. The molecule has 0 amide bonds. The maximum atomic E-state index is 8.73. The van der Waals surface area contributed by atoms with E-state index in [0.717, 1.165) is 34.5 Å². The van der Waals surface area contributed by atoms with Gasteiger partial charge in [0.25, 0.3) is 0 Å². The highest BCUT2D eigenvalue weighted by molar-refractivity contribution is 6.35. The first-order valence-corrected chi connectivity index (χ1v) is 11.0. The lowest BCUT2D eigenvalue weighted by Crippen LogP contribution is -2.08. The number of pyridine rings is 1. The predicted octanol–water partition coefficient (Wildman–Crippen LogP) is 6.69. The van der Waals surface area contributed by atoms with Gasteiger partial charge >= 0.3 is 0 Å². The molecule has 1 aliphatic carbocycles. The lowest BCUT2D eigenvalue weighted by atomic mass is 9.85. The van der Waals surface area contributed by atoms with Gasteiger partial charge in [-0.3, -0.25) is 0 Å². The summed E-state index contributed by atoms with van der Waals surface area (Å²) in [5.74, 6) is 0. The van der Waals surface area contributed by atoms with E-state index in [4.69, 9.17) is 39.0 Å². The van der Waals surface area contributed by atoms with Crippen LogP contribution in [0.3, 0.4) is 0 Å². The molecule has 31 heavy (non-hydrogen) atoms. The van der Waals surface area contributed by atoms with Crippen molar-refractivity contribution in [2.24, 2.45) is 0 Å². The van der Waals surface area contributed by atoms with Crippen LogP contribution in [0.4, 0.5) is 5.69 Å². The lowest BCUT2D eigenvalue weighted by Gasteiger charge is -2.22. The fourth-order valence-electron chi connectivity index (χ4n) is 4.17. The lowest BCUT2D eigenvalue weighted by molar-refractivity contribution is 0.282. The first-order chi connectivity index (χ1) is 14.9. The molecule has 3 N–H and O–H groups in total. The highest BCUT2D eigenvalue weighted by atomic mass is 35.5. The maximum Gasteiger partial charge on any atom is 0.0744 e. The molecule has 158 valence electrons. The highest BCUT2D eigenvalue weighted by Crippen LogP contribution is 2.37. The second-order valence-electron chi connectivity index (χ2n) is 7.88. The maximum absolute atomic E-state index is 8.73. The zero-order valence-corrected chi connectivity index (χ0v) is 19.1. The molecule has 0 unspecified atom stereocenters. The van der Waals surface area contributed by atoms with Crippen LogP contribution in [0.15, 0.2) is 54.6 Å². The molecule has 3 nitrogen and oxygen atoms in total. The van der Waals surface area contributed by atoms with Gasteiger partial charge in [-0.25, -0.2) is 4.98 Å². The Balaban J connectivity index is 0.000000196. The smallest absolute Gasteiger partial charge is 0.0744 e.